The van der Waals surface area contributed by atoms with Crippen molar-refractivity contribution in [2.24, 2.45) is 0 Å². The molecule has 4 nitrogen and oxygen atoms in total. The summed E-state index contributed by atoms with van der Waals surface area (Å²) in [6.07, 6.45) is 8.62. The lowest BCUT2D eigenvalue weighted by atomic mass is 10.1. The summed E-state index contributed by atoms with van der Waals surface area (Å²) in [5, 5.41) is 4.18. The summed E-state index contributed by atoms with van der Waals surface area (Å²) >= 11 is 5.76. The third-order valence-electron chi connectivity index (χ3n) is 4.79. The van der Waals surface area contributed by atoms with Gasteiger partial charge in [-0.15, -0.1) is 0 Å². The first-order chi connectivity index (χ1) is 12.2. The molecular formula is C20H25N3OS. The van der Waals surface area contributed by atoms with Gasteiger partial charge in [0.1, 0.15) is 5.75 Å². The summed E-state index contributed by atoms with van der Waals surface area (Å²) in [5.74, 6) is 0.870. The van der Waals surface area contributed by atoms with E-state index >= 15 is 0 Å². The molecule has 0 amide bonds. The van der Waals surface area contributed by atoms with Crippen LogP contribution in [-0.4, -0.2) is 28.1 Å². The lowest BCUT2D eigenvalue weighted by Gasteiger charge is -2.32. The van der Waals surface area contributed by atoms with E-state index in [4.69, 9.17) is 17.0 Å². The predicted molar refractivity (Wildman–Crippen MR) is 106 cm³/mol. The second-order valence-corrected chi connectivity index (χ2v) is 6.92. The van der Waals surface area contributed by atoms with Crippen LogP contribution < -0.4 is 10.1 Å². The summed E-state index contributed by atoms with van der Waals surface area (Å²) in [4.78, 5) is 6.43. The van der Waals surface area contributed by atoms with Crippen LogP contribution in [0.5, 0.6) is 5.75 Å². The number of nitrogens with zero attached hydrogens (tertiary/aromatic N) is 2. The number of aryl methyl sites for hydroxylation is 1. The minimum absolute atomic E-state index is 0.500. The van der Waals surface area contributed by atoms with Crippen LogP contribution in [0.1, 0.15) is 36.8 Å². The van der Waals surface area contributed by atoms with Gasteiger partial charge in [-0.3, -0.25) is 4.98 Å². The molecule has 0 atom stereocenters. The molecule has 1 heterocycles. The summed E-state index contributed by atoms with van der Waals surface area (Å²) < 4.78 is 5.42. The number of methoxy groups -OCH3 is 1. The van der Waals surface area contributed by atoms with Crippen LogP contribution in [0.3, 0.4) is 0 Å². The zero-order valence-corrected chi connectivity index (χ0v) is 15.7. The van der Waals surface area contributed by atoms with E-state index in [-0.39, 0.29) is 0 Å². The van der Waals surface area contributed by atoms with E-state index in [9.17, 15) is 0 Å². The number of benzene rings is 1. The first kappa shape index (κ1) is 17.7. The highest BCUT2D eigenvalue weighted by Gasteiger charge is 2.25. The van der Waals surface area contributed by atoms with Gasteiger partial charge in [-0.05, 0) is 61.3 Å². The van der Waals surface area contributed by atoms with Gasteiger partial charge in [-0.1, -0.05) is 18.9 Å². The summed E-state index contributed by atoms with van der Waals surface area (Å²) in [5.41, 5.74) is 3.31. The van der Waals surface area contributed by atoms with E-state index in [1.54, 1.807) is 7.11 Å². The van der Waals surface area contributed by atoms with Crippen molar-refractivity contribution < 1.29 is 4.74 Å². The number of anilines is 1. The van der Waals surface area contributed by atoms with Crippen LogP contribution >= 0.6 is 12.2 Å². The van der Waals surface area contributed by atoms with Crippen LogP contribution in [0.4, 0.5) is 5.69 Å². The molecule has 132 valence electrons. The molecule has 25 heavy (non-hydrogen) atoms. The van der Waals surface area contributed by atoms with E-state index in [2.05, 4.69) is 27.3 Å². The maximum Gasteiger partial charge on any atom is 0.173 e. The molecule has 1 saturated carbocycles. The van der Waals surface area contributed by atoms with Gasteiger partial charge in [0.2, 0.25) is 0 Å². The predicted octanol–water partition coefficient (Wildman–Crippen LogP) is 4.54. The number of nitrogens with one attached hydrogen (secondary N) is 1. The first-order valence-electron chi connectivity index (χ1n) is 8.78. The molecular weight excluding hydrogens is 330 g/mol. The van der Waals surface area contributed by atoms with Crippen molar-refractivity contribution >= 4 is 23.0 Å². The van der Waals surface area contributed by atoms with Crippen molar-refractivity contribution in [1.29, 1.82) is 0 Å². The molecule has 0 aliphatic heterocycles. The summed E-state index contributed by atoms with van der Waals surface area (Å²) in [7, 11) is 1.69. The number of rotatable bonds is 5. The van der Waals surface area contributed by atoms with Crippen molar-refractivity contribution in [3.63, 3.8) is 0 Å². The number of hydrogen-bond donors (Lipinski definition) is 1. The number of hydrogen-bond acceptors (Lipinski definition) is 3. The SMILES string of the molecule is COc1cc(NC(=S)N(Cc2ccncc2)C2CCCC2)ccc1C. The monoisotopic (exact) mass is 355 g/mol. The molecule has 0 radical (unpaired) electrons. The van der Waals surface area contributed by atoms with E-state index < -0.39 is 0 Å². The van der Waals surface area contributed by atoms with E-state index in [0.29, 0.717) is 6.04 Å². The van der Waals surface area contributed by atoms with Crippen molar-refractivity contribution in [1.82, 2.24) is 9.88 Å². The molecule has 1 aromatic carbocycles. The van der Waals surface area contributed by atoms with Gasteiger partial charge in [-0.25, -0.2) is 0 Å². The molecule has 0 bridgehead atoms. The van der Waals surface area contributed by atoms with Gasteiger partial charge >= 0.3 is 0 Å². The van der Waals surface area contributed by atoms with Gasteiger partial charge in [0.25, 0.3) is 0 Å². The third kappa shape index (κ3) is 4.48. The third-order valence-corrected chi connectivity index (χ3v) is 5.12. The fraction of sp³-hybridized carbons (Fsp3) is 0.400. The maximum absolute atomic E-state index is 5.76. The Bertz CT molecular complexity index is 714. The molecule has 0 spiro atoms. The lowest BCUT2D eigenvalue weighted by molar-refractivity contribution is 0.312. The molecule has 0 saturated heterocycles. The number of thiocarbonyl (C=S) groups is 1. The molecule has 2 aromatic rings. The molecule has 1 aliphatic carbocycles. The number of aromatic nitrogens is 1. The highest BCUT2D eigenvalue weighted by atomic mass is 32.1. The normalized spacial score (nSPS) is 14.3. The van der Waals surface area contributed by atoms with Crippen LogP contribution in [0.15, 0.2) is 42.7 Å². The van der Waals surface area contributed by atoms with E-state index in [1.165, 1.54) is 31.2 Å². The fourth-order valence-corrected chi connectivity index (χ4v) is 3.69. The van der Waals surface area contributed by atoms with Crippen LogP contribution in [0.2, 0.25) is 0 Å². The molecule has 1 aromatic heterocycles. The zero-order valence-electron chi connectivity index (χ0n) is 14.9. The molecule has 3 rings (SSSR count). The first-order valence-corrected chi connectivity index (χ1v) is 9.19. The van der Waals surface area contributed by atoms with Crippen molar-refractivity contribution in [2.45, 2.75) is 45.2 Å². The molecule has 1 aliphatic rings. The largest absolute Gasteiger partial charge is 0.496 e. The minimum atomic E-state index is 0.500. The standard InChI is InChI=1S/C20H25N3OS/c1-15-7-8-17(13-19(15)24-2)22-20(25)23(18-5-3-4-6-18)14-16-9-11-21-12-10-16/h7-13,18H,3-6,14H2,1-2H3,(H,22,25). The van der Waals surface area contributed by atoms with Gasteiger partial charge in [0.05, 0.1) is 7.11 Å². The Kier molecular flexibility index (Phi) is 5.87. The molecule has 0 unspecified atom stereocenters. The summed E-state index contributed by atoms with van der Waals surface area (Å²) in [6, 6.07) is 10.7. The molecule has 1 fully saturated rings. The Morgan fingerprint density at radius 3 is 2.64 bits per heavy atom. The second kappa shape index (κ2) is 8.30. The van der Waals surface area contributed by atoms with Crippen molar-refractivity contribution in [2.75, 3.05) is 12.4 Å². The highest BCUT2D eigenvalue weighted by Crippen LogP contribution is 2.27. The van der Waals surface area contributed by atoms with Crippen molar-refractivity contribution in [3.8, 4) is 5.75 Å². The average Bonchev–Trinajstić information content (AvgIpc) is 3.16. The van der Waals surface area contributed by atoms with E-state index in [0.717, 1.165) is 28.7 Å². The van der Waals surface area contributed by atoms with Crippen LogP contribution in [-0.2, 0) is 6.54 Å². The Labute approximate surface area is 155 Å². The van der Waals surface area contributed by atoms with Crippen LogP contribution in [0.25, 0.3) is 0 Å². The zero-order chi connectivity index (χ0) is 17.6. The second-order valence-electron chi connectivity index (χ2n) is 6.54. The smallest absolute Gasteiger partial charge is 0.173 e. The van der Waals surface area contributed by atoms with Gasteiger partial charge in [-0.2, -0.15) is 0 Å². The Morgan fingerprint density at radius 2 is 1.96 bits per heavy atom. The lowest BCUT2D eigenvalue weighted by Crippen LogP contribution is -2.40. The quantitative estimate of drug-likeness (QED) is 0.797. The van der Waals surface area contributed by atoms with Gasteiger partial charge in [0.15, 0.2) is 5.11 Å². The van der Waals surface area contributed by atoms with Gasteiger partial charge in [0, 0.05) is 36.7 Å². The van der Waals surface area contributed by atoms with E-state index in [1.807, 2.05) is 37.5 Å². The fourth-order valence-electron chi connectivity index (χ4n) is 3.36. The topological polar surface area (TPSA) is 37.4 Å². The van der Waals surface area contributed by atoms with Crippen molar-refractivity contribution in [3.05, 3.63) is 53.9 Å². The number of ether oxygens (including phenoxy) is 1. The Hall–Kier alpha value is -2.14. The molecule has 1 N–H and O–H groups in total. The van der Waals surface area contributed by atoms with Gasteiger partial charge < -0.3 is 15.0 Å². The number of pyridine rings is 1. The minimum Gasteiger partial charge on any atom is -0.496 e. The highest BCUT2D eigenvalue weighted by molar-refractivity contribution is 7.80. The maximum atomic E-state index is 5.76. The van der Waals surface area contributed by atoms with Crippen LogP contribution in [0, 0.1) is 6.92 Å². The molecule has 5 heteroatoms. The average molecular weight is 356 g/mol. The Balaban J connectivity index is 1.76. The summed E-state index contributed by atoms with van der Waals surface area (Å²) in [6.45, 7) is 2.84. The Morgan fingerprint density at radius 1 is 1.24 bits per heavy atom.